The van der Waals surface area contributed by atoms with E-state index in [1.54, 1.807) is 17.9 Å². The molecule has 6 rings (SSSR count). The van der Waals surface area contributed by atoms with Gasteiger partial charge in [-0.1, -0.05) is 19.1 Å². The van der Waals surface area contributed by atoms with Crippen LogP contribution in [0.15, 0.2) is 35.1 Å². The molecule has 186 valence electrons. The van der Waals surface area contributed by atoms with Crippen molar-refractivity contribution in [3.8, 4) is 17.1 Å². The van der Waals surface area contributed by atoms with Crippen LogP contribution in [-0.2, 0) is 28.3 Å². The maximum absolute atomic E-state index is 13.5. The van der Waals surface area contributed by atoms with Gasteiger partial charge < -0.3 is 28.9 Å². The summed E-state index contributed by atoms with van der Waals surface area (Å²) in [6, 6.07) is 9.01. The van der Waals surface area contributed by atoms with Gasteiger partial charge in [-0.3, -0.25) is 4.79 Å². The van der Waals surface area contributed by atoms with E-state index < -0.39 is 17.7 Å². The second kappa shape index (κ2) is 8.14. The fourth-order valence-corrected chi connectivity index (χ4v) is 5.25. The van der Waals surface area contributed by atoms with Gasteiger partial charge in [-0.15, -0.1) is 0 Å². The Morgan fingerprint density at radius 3 is 2.67 bits per heavy atom. The monoisotopic (exact) mass is 490 g/mol. The van der Waals surface area contributed by atoms with Gasteiger partial charge in [0.25, 0.3) is 5.56 Å². The molecule has 0 bridgehead atoms. The molecular formula is C26H26N4O6. The number of esters is 1. The van der Waals surface area contributed by atoms with Crippen LogP contribution in [0.5, 0.6) is 5.75 Å². The number of carbonyl (C=O) groups excluding carboxylic acids is 2. The van der Waals surface area contributed by atoms with Crippen molar-refractivity contribution >= 4 is 23.0 Å². The van der Waals surface area contributed by atoms with Gasteiger partial charge in [0.2, 0.25) is 0 Å². The van der Waals surface area contributed by atoms with Crippen molar-refractivity contribution in [3.63, 3.8) is 0 Å². The molecule has 2 aromatic heterocycles. The number of hydrogen-bond acceptors (Lipinski definition) is 8. The highest BCUT2D eigenvalue weighted by Gasteiger charge is 2.45. The van der Waals surface area contributed by atoms with Crippen LogP contribution in [-0.4, -0.2) is 69.7 Å². The van der Waals surface area contributed by atoms with Crippen molar-refractivity contribution in [1.29, 1.82) is 0 Å². The average molecular weight is 491 g/mol. The number of pyridine rings is 2. The molecule has 5 heterocycles. The summed E-state index contributed by atoms with van der Waals surface area (Å²) < 4.78 is 12.7. The highest BCUT2D eigenvalue weighted by atomic mass is 16.6. The number of benzene rings is 1. The van der Waals surface area contributed by atoms with Crippen LogP contribution in [0.25, 0.3) is 22.3 Å². The third kappa shape index (κ3) is 3.25. The van der Waals surface area contributed by atoms with E-state index in [0.29, 0.717) is 46.7 Å². The molecule has 3 aliphatic rings. The number of cyclic esters (lactones) is 1. The summed E-state index contributed by atoms with van der Waals surface area (Å²) in [6.45, 7) is 4.27. The number of aliphatic hydroxyl groups is 1. The third-order valence-electron chi connectivity index (χ3n) is 7.49. The molecule has 10 heteroatoms. The SMILES string of the molecule is CC[C@@]1(O)C(=O)OCc2c1cc1n(c2=O)Cc2c-1nc1ccccc1c2OC(=O)N1CCN(C)CC1. The second-order valence-corrected chi connectivity index (χ2v) is 9.55. The van der Waals surface area contributed by atoms with Crippen molar-refractivity contribution < 1.29 is 24.2 Å². The highest BCUT2D eigenvalue weighted by molar-refractivity contribution is 5.93. The van der Waals surface area contributed by atoms with Gasteiger partial charge in [0.15, 0.2) is 5.60 Å². The Hall–Kier alpha value is -3.76. The van der Waals surface area contributed by atoms with Crippen LogP contribution in [0.4, 0.5) is 4.79 Å². The number of ether oxygens (including phenoxy) is 2. The number of nitrogens with zero attached hydrogens (tertiary/aromatic N) is 4. The normalized spacial score (nSPS) is 21.1. The number of amides is 1. The van der Waals surface area contributed by atoms with Crippen LogP contribution in [0.1, 0.15) is 30.0 Å². The summed E-state index contributed by atoms with van der Waals surface area (Å²) in [5.41, 5.74) is 0.417. The predicted octanol–water partition coefficient (Wildman–Crippen LogP) is 1.83. The van der Waals surface area contributed by atoms with Gasteiger partial charge in [-0.25, -0.2) is 14.6 Å². The fourth-order valence-electron chi connectivity index (χ4n) is 5.25. The highest BCUT2D eigenvalue weighted by Crippen LogP contribution is 2.43. The molecule has 1 atom stereocenters. The van der Waals surface area contributed by atoms with E-state index in [2.05, 4.69) is 4.90 Å². The van der Waals surface area contributed by atoms with Crippen LogP contribution in [0.2, 0.25) is 0 Å². The van der Waals surface area contributed by atoms with Crippen molar-refractivity contribution in [3.05, 3.63) is 57.4 Å². The van der Waals surface area contributed by atoms with E-state index in [9.17, 15) is 19.5 Å². The minimum absolute atomic E-state index is 0.0631. The quantitative estimate of drug-likeness (QED) is 0.424. The number of rotatable bonds is 2. The number of fused-ring (bicyclic) bond motifs is 5. The van der Waals surface area contributed by atoms with Crippen LogP contribution in [0.3, 0.4) is 0 Å². The molecular weight excluding hydrogens is 464 g/mol. The lowest BCUT2D eigenvalue weighted by Crippen LogP contribution is -2.48. The van der Waals surface area contributed by atoms with Crippen molar-refractivity contribution in [2.24, 2.45) is 0 Å². The zero-order chi connectivity index (χ0) is 25.2. The second-order valence-electron chi connectivity index (χ2n) is 9.55. The molecule has 1 aromatic carbocycles. The first-order valence-electron chi connectivity index (χ1n) is 12.1. The summed E-state index contributed by atoms with van der Waals surface area (Å²) in [7, 11) is 2.01. The summed E-state index contributed by atoms with van der Waals surface area (Å²) in [5.74, 6) is -0.396. The largest absolute Gasteiger partial charge is 0.458 e. The predicted molar refractivity (Wildman–Crippen MR) is 130 cm³/mol. The molecule has 36 heavy (non-hydrogen) atoms. The standard InChI is InChI=1S/C26H26N4O6/c1-3-26(34)18-12-20-21-16(13-30(20)23(31)17(18)14-35-24(26)32)22(15-6-4-5-7-19(15)27-21)36-25(33)29-10-8-28(2)9-11-29/h4-7,12,34H,3,8-11,13-14H2,1-2H3/t26-/m0/s1. The van der Waals surface area contributed by atoms with E-state index in [4.69, 9.17) is 14.5 Å². The molecule has 1 amide bonds. The number of hydrogen-bond donors (Lipinski definition) is 1. The Labute approximate surface area is 206 Å². The lowest BCUT2D eigenvalue weighted by atomic mass is 9.86. The molecule has 0 radical (unpaired) electrons. The van der Waals surface area contributed by atoms with Gasteiger partial charge >= 0.3 is 12.1 Å². The molecule has 1 fully saturated rings. The lowest BCUT2D eigenvalue weighted by Gasteiger charge is -2.31. The Morgan fingerprint density at radius 2 is 1.92 bits per heavy atom. The molecule has 1 N–H and O–H groups in total. The number of carbonyl (C=O) groups is 2. The van der Waals surface area contributed by atoms with Gasteiger partial charge in [0.1, 0.15) is 12.4 Å². The van der Waals surface area contributed by atoms with Gasteiger partial charge in [0.05, 0.1) is 29.0 Å². The molecule has 3 aliphatic heterocycles. The summed E-state index contributed by atoms with van der Waals surface area (Å²) in [6.07, 6.45) is -0.378. The van der Waals surface area contributed by atoms with E-state index in [0.717, 1.165) is 13.1 Å². The Bertz CT molecular complexity index is 1490. The van der Waals surface area contributed by atoms with E-state index >= 15 is 0 Å². The van der Waals surface area contributed by atoms with Crippen molar-refractivity contribution in [2.75, 3.05) is 33.2 Å². The average Bonchev–Trinajstić information content (AvgIpc) is 3.25. The van der Waals surface area contributed by atoms with Gasteiger partial charge in [-0.2, -0.15) is 0 Å². The third-order valence-corrected chi connectivity index (χ3v) is 7.49. The molecule has 10 nitrogen and oxygen atoms in total. The lowest BCUT2D eigenvalue weighted by molar-refractivity contribution is -0.172. The van der Waals surface area contributed by atoms with E-state index in [1.165, 1.54) is 4.57 Å². The molecule has 3 aromatic rings. The minimum Gasteiger partial charge on any atom is -0.458 e. The van der Waals surface area contributed by atoms with Gasteiger partial charge in [0, 0.05) is 42.7 Å². The molecule has 0 spiro atoms. The Morgan fingerprint density at radius 1 is 1.17 bits per heavy atom. The molecule has 0 saturated carbocycles. The fraction of sp³-hybridized carbons (Fsp3) is 0.385. The van der Waals surface area contributed by atoms with Crippen LogP contribution >= 0.6 is 0 Å². The number of para-hydroxylation sites is 1. The number of likely N-dealkylation sites (N-methyl/N-ethyl adjacent to an activating group) is 1. The number of piperazine rings is 1. The summed E-state index contributed by atoms with van der Waals surface area (Å²) in [5, 5.41) is 11.8. The summed E-state index contributed by atoms with van der Waals surface area (Å²) in [4.78, 5) is 47.7. The minimum atomic E-state index is -1.90. The zero-order valence-corrected chi connectivity index (χ0v) is 20.1. The molecule has 0 unspecified atom stereocenters. The molecule has 0 aliphatic carbocycles. The van der Waals surface area contributed by atoms with Crippen LogP contribution < -0.4 is 10.3 Å². The first-order valence-corrected chi connectivity index (χ1v) is 12.1. The first-order chi connectivity index (χ1) is 17.3. The zero-order valence-electron chi connectivity index (χ0n) is 20.1. The van der Waals surface area contributed by atoms with E-state index in [1.807, 2.05) is 31.3 Å². The van der Waals surface area contributed by atoms with Crippen molar-refractivity contribution in [1.82, 2.24) is 19.4 Å². The Kier molecular flexibility index (Phi) is 5.13. The van der Waals surface area contributed by atoms with E-state index in [-0.39, 0.29) is 36.3 Å². The Balaban J connectivity index is 1.50. The maximum atomic E-state index is 13.5. The smallest absolute Gasteiger partial charge is 0.415 e. The number of aromatic nitrogens is 2. The van der Waals surface area contributed by atoms with Gasteiger partial charge in [-0.05, 0) is 31.7 Å². The first kappa shape index (κ1) is 22.7. The van der Waals surface area contributed by atoms with Crippen molar-refractivity contribution in [2.45, 2.75) is 32.1 Å². The summed E-state index contributed by atoms with van der Waals surface area (Å²) >= 11 is 0. The van der Waals surface area contributed by atoms with Crippen LogP contribution in [0, 0.1) is 0 Å². The molecule has 1 saturated heterocycles. The topological polar surface area (TPSA) is 114 Å². The maximum Gasteiger partial charge on any atom is 0.415 e.